The molecule has 1 fully saturated rings. The second-order valence-corrected chi connectivity index (χ2v) is 11.4. The van der Waals surface area contributed by atoms with Gasteiger partial charge < -0.3 is 20.6 Å². The fourth-order valence-corrected chi connectivity index (χ4v) is 5.41. The zero-order valence-corrected chi connectivity index (χ0v) is 23.3. The standard InChI is InChI=1S/C26H31N5O8S/c1-15-18(11-17(30(36)37)12-20(15)31(38)39)23(33)27-19(10-16-8-6-5-7-9-16)22(32)25(35)29-14-40-13-21(29)24(34)28-26(2,3)4/h5-9,11-12,19,21-22,32H,10,13-14H2,1-4H3,(H,27,33)(H,28,34)/t19-,21?,22-/m0/s1. The molecule has 1 aliphatic rings. The van der Waals surface area contributed by atoms with Crippen LogP contribution in [-0.2, 0) is 16.0 Å². The van der Waals surface area contributed by atoms with Gasteiger partial charge in [0.25, 0.3) is 23.2 Å². The molecule has 13 nitrogen and oxygen atoms in total. The summed E-state index contributed by atoms with van der Waals surface area (Å²) < 4.78 is 0. The van der Waals surface area contributed by atoms with Crippen molar-refractivity contribution in [3.63, 3.8) is 0 Å². The molecule has 14 heteroatoms. The van der Waals surface area contributed by atoms with Crippen molar-refractivity contribution in [1.29, 1.82) is 0 Å². The van der Waals surface area contributed by atoms with Crippen molar-refractivity contribution in [2.75, 3.05) is 11.6 Å². The molecule has 2 aromatic carbocycles. The monoisotopic (exact) mass is 573 g/mol. The van der Waals surface area contributed by atoms with E-state index in [0.717, 1.165) is 12.1 Å². The van der Waals surface area contributed by atoms with Crippen LogP contribution in [0, 0.1) is 27.2 Å². The lowest BCUT2D eigenvalue weighted by molar-refractivity contribution is -0.394. The summed E-state index contributed by atoms with van der Waals surface area (Å²) in [5.74, 6) is -1.61. The van der Waals surface area contributed by atoms with Gasteiger partial charge in [-0.1, -0.05) is 30.3 Å². The van der Waals surface area contributed by atoms with E-state index in [1.807, 2.05) is 0 Å². The van der Waals surface area contributed by atoms with Gasteiger partial charge >= 0.3 is 0 Å². The van der Waals surface area contributed by atoms with Crippen molar-refractivity contribution in [1.82, 2.24) is 15.5 Å². The maximum Gasteiger partial charge on any atom is 0.279 e. The van der Waals surface area contributed by atoms with E-state index in [2.05, 4.69) is 10.6 Å². The highest BCUT2D eigenvalue weighted by Gasteiger charge is 2.41. The highest BCUT2D eigenvalue weighted by molar-refractivity contribution is 7.99. The molecule has 0 aliphatic carbocycles. The van der Waals surface area contributed by atoms with Crippen LogP contribution < -0.4 is 10.6 Å². The molecule has 1 heterocycles. The van der Waals surface area contributed by atoms with E-state index in [9.17, 15) is 39.7 Å². The van der Waals surface area contributed by atoms with Crippen molar-refractivity contribution >= 4 is 40.9 Å². The summed E-state index contributed by atoms with van der Waals surface area (Å²) in [6.45, 7) is 6.70. The number of benzene rings is 2. The predicted molar refractivity (Wildman–Crippen MR) is 148 cm³/mol. The molecule has 0 radical (unpaired) electrons. The van der Waals surface area contributed by atoms with Gasteiger partial charge in [0, 0.05) is 22.9 Å². The summed E-state index contributed by atoms with van der Waals surface area (Å²) in [5.41, 5.74) is -1.59. The highest BCUT2D eigenvalue weighted by atomic mass is 32.2. The minimum Gasteiger partial charge on any atom is -0.381 e. The van der Waals surface area contributed by atoms with Gasteiger partial charge in [0.05, 0.1) is 33.4 Å². The maximum absolute atomic E-state index is 13.5. The summed E-state index contributed by atoms with van der Waals surface area (Å²) in [5, 5.41) is 39.5. The number of amides is 3. The van der Waals surface area contributed by atoms with E-state index in [4.69, 9.17) is 0 Å². The average Bonchev–Trinajstić information content (AvgIpc) is 3.37. The molecule has 0 aromatic heterocycles. The van der Waals surface area contributed by atoms with Crippen molar-refractivity contribution in [2.24, 2.45) is 0 Å². The minimum absolute atomic E-state index is 0.00457. The Kier molecular flexibility index (Phi) is 9.48. The molecule has 0 saturated carbocycles. The zero-order valence-electron chi connectivity index (χ0n) is 22.4. The highest BCUT2D eigenvalue weighted by Crippen LogP contribution is 2.29. The Bertz CT molecular complexity index is 1310. The van der Waals surface area contributed by atoms with Gasteiger partial charge in [0.1, 0.15) is 6.04 Å². The second-order valence-electron chi connectivity index (χ2n) is 10.4. The van der Waals surface area contributed by atoms with Gasteiger partial charge in [-0.3, -0.25) is 34.6 Å². The van der Waals surface area contributed by atoms with E-state index in [-0.39, 0.29) is 29.3 Å². The lowest BCUT2D eigenvalue weighted by atomic mass is 9.98. The molecule has 1 aliphatic heterocycles. The number of aliphatic hydroxyl groups excluding tert-OH is 1. The normalized spacial score (nSPS) is 16.6. The molecule has 214 valence electrons. The number of hydrogen-bond acceptors (Lipinski definition) is 9. The quantitative estimate of drug-likeness (QED) is 0.299. The van der Waals surface area contributed by atoms with Crippen LogP contribution in [0.5, 0.6) is 0 Å². The SMILES string of the molecule is Cc1c(C(=O)N[C@@H](Cc2ccccc2)[C@H](O)C(=O)N2CSCC2C(=O)NC(C)(C)C)cc([N+](=O)[O-])cc1[N+](=O)[O-]. The molecular formula is C26H31N5O8S. The number of nitro benzene ring substituents is 2. The predicted octanol–water partition coefficient (Wildman–Crippen LogP) is 2.33. The van der Waals surface area contributed by atoms with Crippen LogP contribution in [0.2, 0.25) is 0 Å². The summed E-state index contributed by atoms with van der Waals surface area (Å²) in [7, 11) is 0. The Balaban J connectivity index is 1.93. The second kappa shape index (κ2) is 12.4. The molecule has 0 bridgehead atoms. The number of thioether (sulfide) groups is 1. The summed E-state index contributed by atoms with van der Waals surface area (Å²) in [6, 6.07) is 8.31. The number of nitrogens with one attached hydrogen (secondary N) is 2. The fraction of sp³-hybridized carbons (Fsp3) is 0.423. The molecule has 40 heavy (non-hydrogen) atoms. The largest absolute Gasteiger partial charge is 0.381 e. The van der Waals surface area contributed by atoms with Crippen molar-refractivity contribution in [3.05, 3.63) is 79.4 Å². The van der Waals surface area contributed by atoms with Crippen LogP contribution in [0.15, 0.2) is 42.5 Å². The molecule has 1 unspecified atom stereocenters. The van der Waals surface area contributed by atoms with Gasteiger partial charge in [-0.25, -0.2) is 0 Å². The first kappa shape index (κ1) is 30.5. The zero-order chi connectivity index (χ0) is 29.8. The van der Waals surface area contributed by atoms with Crippen LogP contribution in [0.25, 0.3) is 0 Å². The molecular weight excluding hydrogens is 542 g/mol. The Hall–Kier alpha value is -4.04. The van der Waals surface area contributed by atoms with Crippen LogP contribution in [0.1, 0.15) is 42.3 Å². The molecule has 1 saturated heterocycles. The maximum atomic E-state index is 13.5. The topological polar surface area (TPSA) is 185 Å². The Morgan fingerprint density at radius 1 is 1.12 bits per heavy atom. The first-order valence-electron chi connectivity index (χ1n) is 12.4. The van der Waals surface area contributed by atoms with Crippen LogP contribution in [0.3, 0.4) is 0 Å². The fourth-order valence-electron chi connectivity index (χ4n) is 4.24. The van der Waals surface area contributed by atoms with Crippen molar-refractivity contribution in [3.8, 4) is 0 Å². The third kappa shape index (κ3) is 7.33. The van der Waals surface area contributed by atoms with Crippen LogP contribution in [0.4, 0.5) is 11.4 Å². The third-order valence-corrected chi connectivity index (χ3v) is 7.24. The van der Waals surface area contributed by atoms with E-state index < -0.39 is 56.8 Å². The van der Waals surface area contributed by atoms with Crippen LogP contribution in [-0.4, -0.2) is 72.9 Å². The van der Waals surface area contributed by atoms with Crippen LogP contribution >= 0.6 is 11.8 Å². The van der Waals surface area contributed by atoms with Gasteiger partial charge in [-0.15, -0.1) is 11.8 Å². The summed E-state index contributed by atoms with van der Waals surface area (Å²) >= 11 is 1.35. The molecule has 3 N–H and O–H groups in total. The van der Waals surface area contributed by atoms with Crippen molar-refractivity contribution in [2.45, 2.75) is 57.8 Å². The van der Waals surface area contributed by atoms with E-state index in [0.29, 0.717) is 11.3 Å². The molecule has 2 aromatic rings. The molecule has 3 rings (SSSR count). The number of carbonyl (C=O) groups is 3. The number of carbonyl (C=O) groups excluding carboxylic acids is 3. The van der Waals surface area contributed by atoms with Gasteiger partial charge in [-0.05, 0) is 39.7 Å². The van der Waals surface area contributed by atoms with Gasteiger partial charge in [-0.2, -0.15) is 0 Å². The minimum atomic E-state index is -1.79. The number of rotatable bonds is 9. The van der Waals surface area contributed by atoms with Gasteiger partial charge in [0.2, 0.25) is 5.91 Å². The first-order valence-corrected chi connectivity index (χ1v) is 13.5. The van der Waals surface area contributed by atoms with E-state index >= 15 is 0 Å². The Morgan fingerprint density at radius 2 is 1.77 bits per heavy atom. The average molecular weight is 574 g/mol. The number of nitrogens with zero attached hydrogens (tertiary/aromatic N) is 3. The molecule has 3 amide bonds. The van der Waals surface area contributed by atoms with Crippen molar-refractivity contribution < 1.29 is 29.3 Å². The number of aliphatic hydroxyl groups is 1. The summed E-state index contributed by atoms with van der Waals surface area (Å²) in [4.78, 5) is 62.1. The third-order valence-electron chi connectivity index (χ3n) is 6.23. The van der Waals surface area contributed by atoms with E-state index in [1.54, 1.807) is 51.1 Å². The lowest BCUT2D eigenvalue weighted by Gasteiger charge is -2.31. The molecule has 0 spiro atoms. The Morgan fingerprint density at radius 3 is 2.35 bits per heavy atom. The number of nitro groups is 2. The summed E-state index contributed by atoms with van der Waals surface area (Å²) in [6.07, 6.45) is -1.79. The first-order chi connectivity index (χ1) is 18.7. The smallest absolute Gasteiger partial charge is 0.279 e. The van der Waals surface area contributed by atoms with Gasteiger partial charge in [0.15, 0.2) is 6.10 Å². The lowest BCUT2D eigenvalue weighted by Crippen LogP contribution is -2.57. The van der Waals surface area contributed by atoms with E-state index in [1.165, 1.54) is 23.6 Å². The number of non-ortho nitro benzene ring substituents is 1. The number of hydrogen-bond donors (Lipinski definition) is 3. The Labute approximate surface area is 234 Å². The molecule has 3 atom stereocenters.